The fourth-order valence-corrected chi connectivity index (χ4v) is 4.88. The van der Waals surface area contributed by atoms with Gasteiger partial charge in [0.25, 0.3) is 0 Å². The first-order valence-electron chi connectivity index (χ1n) is 11.8. The minimum atomic E-state index is 0.189. The summed E-state index contributed by atoms with van der Waals surface area (Å²) in [5.41, 5.74) is 7.72. The van der Waals surface area contributed by atoms with Crippen molar-refractivity contribution in [2.45, 2.75) is 73.3 Å². The van der Waals surface area contributed by atoms with E-state index >= 15 is 0 Å². The summed E-state index contributed by atoms with van der Waals surface area (Å²) in [6.07, 6.45) is 11.6. The first-order valence-corrected chi connectivity index (χ1v) is 11.8. The zero-order chi connectivity index (χ0) is 22.8. The quantitative estimate of drug-likeness (QED) is 0.442. The molecule has 0 heterocycles. The fourth-order valence-electron chi connectivity index (χ4n) is 4.88. The lowest BCUT2D eigenvalue weighted by Crippen LogP contribution is -2.38. The molecule has 0 radical (unpaired) electrons. The fraction of sp³-hybridized carbons (Fsp3) is 0.552. The third-order valence-electron chi connectivity index (χ3n) is 7.02. The Balaban J connectivity index is 1.83. The second-order valence-corrected chi connectivity index (χ2v) is 11.4. The van der Waals surface area contributed by atoms with Gasteiger partial charge < -0.3 is 4.90 Å². The Morgan fingerprint density at radius 1 is 0.935 bits per heavy atom. The summed E-state index contributed by atoms with van der Waals surface area (Å²) in [4.78, 5) is 6.69. The van der Waals surface area contributed by atoms with E-state index in [4.69, 9.17) is 0 Å². The SMILES string of the molecule is CN=C/C=C(\C)N(CC1=CC=C(C(C)(C)C)C2CC[C@H]12)Cc1ccc(C(C)(C)C)cc1. The molecular formula is C29H42N2. The van der Waals surface area contributed by atoms with E-state index in [2.05, 4.69) is 101 Å². The average molecular weight is 419 g/mol. The molecule has 0 aromatic heterocycles. The van der Waals surface area contributed by atoms with Crippen LogP contribution in [0.3, 0.4) is 0 Å². The van der Waals surface area contributed by atoms with Crippen LogP contribution in [0.15, 0.2) is 64.3 Å². The van der Waals surface area contributed by atoms with Crippen molar-refractivity contribution in [3.05, 3.63) is 70.5 Å². The van der Waals surface area contributed by atoms with Crippen molar-refractivity contribution in [2.75, 3.05) is 13.6 Å². The molecule has 3 rings (SSSR count). The maximum absolute atomic E-state index is 4.17. The van der Waals surface area contributed by atoms with Gasteiger partial charge in [-0.2, -0.15) is 0 Å². The van der Waals surface area contributed by atoms with E-state index in [1.165, 1.54) is 29.7 Å². The van der Waals surface area contributed by atoms with Gasteiger partial charge in [0.1, 0.15) is 0 Å². The molecule has 1 fully saturated rings. The second kappa shape index (κ2) is 9.18. The molecule has 1 saturated carbocycles. The molecule has 2 atom stereocenters. The summed E-state index contributed by atoms with van der Waals surface area (Å²) in [6.45, 7) is 18.0. The van der Waals surface area contributed by atoms with Gasteiger partial charge in [0.15, 0.2) is 0 Å². The molecule has 1 aromatic rings. The minimum absolute atomic E-state index is 0.189. The Labute approximate surface area is 190 Å². The number of hydrogen-bond acceptors (Lipinski definition) is 2. The van der Waals surface area contributed by atoms with Crippen LogP contribution < -0.4 is 0 Å². The minimum Gasteiger partial charge on any atom is -0.367 e. The summed E-state index contributed by atoms with van der Waals surface area (Å²) in [5.74, 6) is 1.46. The summed E-state index contributed by atoms with van der Waals surface area (Å²) in [5, 5.41) is 0. The molecule has 2 nitrogen and oxygen atoms in total. The van der Waals surface area contributed by atoms with Crippen molar-refractivity contribution in [2.24, 2.45) is 22.2 Å². The van der Waals surface area contributed by atoms with Crippen LogP contribution in [0.25, 0.3) is 0 Å². The van der Waals surface area contributed by atoms with Crippen LogP contribution in [0.2, 0.25) is 0 Å². The number of rotatable bonds is 6. The molecule has 0 aliphatic heterocycles. The third-order valence-corrected chi connectivity index (χ3v) is 7.02. The topological polar surface area (TPSA) is 15.6 Å². The Kier molecular flexibility index (Phi) is 6.98. The van der Waals surface area contributed by atoms with Gasteiger partial charge in [-0.3, -0.25) is 4.99 Å². The van der Waals surface area contributed by atoms with Gasteiger partial charge in [-0.1, -0.05) is 83.5 Å². The molecule has 0 bridgehead atoms. The van der Waals surface area contributed by atoms with Gasteiger partial charge in [-0.05, 0) is 65.2 Å². The average Bonchev–Trinajstić information content (AvgIpc) is 2.65. The molecule has 2 aliphatic rings. The highest BCUT2D eigenvalue weighted by atomic mass is 15.1. The molecule has 1 unspecified atom stereocenters. The second-order valence-electron chi connectivity index (χ2n) is 11.4. The summed E-state index contributed by atoms with van der Waals surface area (Å²) < 4.78 is 0. The van der Waals surface area contributed by atoms with Gasteiger partial charge >= 0.3 is 0 Å². The first kappa shape index (κ1) is 23.6. The standard InChI is InChI=1S/C29H42N2/c1-21(17-18-30-8)31(19-22-9-12-24(13-10-22)28(2,3)4)20-23-11-16-27(29(5,6)7)26-15-14-25(23)26/h9-13,16-18,25-26H,14-15,19-20H2,1-8H3/b21-17+,30-18?/t25-,26?/m1/s1. The van der Waals surface area contributed by atoms with Crippen LogP contribution in [-0.2, 0) is 12.0 Å². The molecule has 2 aliphatic carbocycles. The van der Waals surface area contributed by atoms with Gasteiger partial charge in [-0.15, -0.1) is 0 Å². The van der Waals surface area contributed by atoms with E-state index in [-0.39, 0.29) is 10.8 Å². The van der Waals surface area contributed by atoms with E-state index in [9.17, 15) is 0 Å². The van der Waals surface area contributed by atoms with Crippen LogP contribution in [0, 0.1) is 17.3 Å². The molecule has 0 amide bonds. The van der Waals surface area contributed by atoms with Crippen molar-refractivity contribution in [3.63, 3.8) is 0 Å². The molecule has 1 aromatic carbocycles. The largest absolute Gasteiger partial charge is 0.367 e. The summed E-state index contributed by atoms with van der Waals surface area (Å²) in [7, 11) is 1.83. The number of allylic oxidation sites excluding steroid dienone is 5. The number of hydrogen-bond donors (Lipinski definition) is 0. The van der Waals surface area contributed by atoms with E-state index in [0.717, 1.165) is 24.9 Å². The number of fused-ring (bicyclic) bond motifs is 1. The maximum atomic E-state index is 4.17. The Morgan fingerprint density at radius 2 is 1.58 bits per heavy atom. The van der Waals surface area contributed by atoms with E-state index in [0.29, 0.717) is 0 Å². The molecular weight excluding hydrogens is 376 g/mol. The van der Waals surface area contributed by atoms with Crippen LogP contribution in [0.5, 0.6) is 0 Å². The predicted octanol–water partition coefficient (Wildman–Crippen LogP) is 7.33. The normalized spacial score (nSPS) is 22.0. The molecule has 2 heteroatoms. The predicted molar refractivity (Wildman–Crippen MR) is 136 cm³/mol. The van der Waals surface area contributed by atoms with Gasteiger partial charge in [0, 0.05) is 32.0 Å². The van der Waals surface area contributed by atoms with Gasteiger partial charge in [0.2, 0.25) is 0 Å². The van der Waals surface area contributed by atoms with E-state index in [1.807, 2.05) is 13.3 Å². The third kappa shape index (κ3) is 5.59. The van der Waals surface area contributed by atoms with Crippen molar-refractivity contribution in [1.29, 1.82) is 0 Å². The molecule has 0 spiro atoms. The molecule has 168 valence electrons. The molecule has 0 saturated heterocycles. The van der Waals surface area contributed by atoms with E-state index in [1.54, 1.807) is 11.1 Å². The lowest BCUT2D eigenvalue weighted by molar-refractivity contribution is 0.201. The van der Waals surface area contributed by atoms with E-state index < -0.39 is 0 Å². The molecule has 31 heavy (non-hydrogen) atoms. The van der Waals surface area contributed by atoms with Crippen LogP contribution in [0.4, 0.5) is 0 Å². The monoisotopic (exact) mass is 418 g/mol. The summed E-state index contributed by atoms with van der Waals surface area (Å²) in [6, 6.07) is 9.18. The Bertz CT molecular complexity index is 882. The molecule has 0 N–H and O–H groups in total. The highest BCUT2D eigenvalue weighted by molar-refractivity contribution is 5.71. The highest BCUT2D eigenvalue weighted by Gasteiger charge is 2.41. The maximum Gasteiger partial charge on any atom is 0.0430 e. The van der Waals surface area contributed by atoms with Crippen LogP contribution >= 0.6 is 0 Å². The Hall–Kier alpha value is -2.09. The highest BCUT2D eigenvalue weighted by Crippen LogP contribution is 2.51. The number of benzene rings is 1. The smallest absolute Gasteiger partial charge is 0.0430 e. The van der Waals surface area contributed by atoms with Crippen LogP contribution in [-0.4, -0.2) is 24.7 Å². The number of nitrogens with zero attached hydrogens (tertiary/aromatic N) is 2. The lowest BCUT2D eigenvalue weighted by atomic mass is 9.59. The zero-order valence-electron chi connectivity index (χ0n) is 21.0. The van der Waals surface area contributed by atoms with Crippen molar-refractivity contribution >= 4 is 6.21 Å². The van der Waals surface area contributed by atoms with Crippen molar-refractivity contribution < 1.29 is 0 Å². The Morgan fingerprint density at radius 3 is 2.10 bits per heavy atom. The number of aliphatic imine (C=N–C) groups is 1. The summed E-state index contributed by atoms with van der Waals surface area (Å²) >= 11 is 0. The van der Waals surface area contributed by atoms with Gasteiger partial charge in [0.05, 0.1) is 0 Å². The van der Waals surface area contributed by atoms with Gasteiger partial charge in [-0.25, -0.2) is 0 Å². The first-order chi connectivity index (χ1) is 14.5. The lowest BCUT2D eigenvalue weighted by Gasteiger charge is -2.47. The van der Waals surface area contributed by atoms with Crippen molar-refractivity contribution in [3.8, 4) is 0 Å². The van der Waals surface area contributed by atoms with Crippen LogP contribution in [0.1, 0.15) is 72.4 Å². The van der Waals surface area contributed by atoms with Crippen molar-refractivity contribution in [1.82, 2.24) is 4.90 Å². The zero-order valence-corrected chi connectivity index (χ0v) is 21.0.